The van der Waals surface area contributed by atoms with E-state index in [1.54, 1.807) is 46.2 Å². The SMILES string of the molecule is Cc1nc(-c2nc(-c3ccc(OC(F)(F)F)cc3)no2)nn1Cc1ccn(CC(C)C)c(=O)c1.Cc1nc(-c2nc(-c3ccc(OC(F)(F)F)cc3)no2)nn1Cc1ccnc(OCC(C)C)c1. The fourth-order valence-electron chi connectivity index (χ4n) is 6.21. The maximum absolute atomic E-state index is 12.3. The molecule has 0 aliphatic carbocycles. The van der Waals surface area contributed by atoms with Gasteiger partial charge in [0, 0.05) is 42.2 Å². The van der Waals surface area contributed by atoms with E-state index in [9.17, 15) is 31.1 Å². The first-order valence-corrected chi connectivity index (χ1v) is 20.7. The predicted molar refractivity (Wildman–Crippen MR) is 229 cm³/mol. The molecule has 2 aromatic carbocycles. The quantitative estimate of drug-likeness (QED) is 0.0882. The van der Waals surface area contributed by atoms with E-state index in [-0.39, 0.29) is 52.1 Å². The molecule has 0 saturated carbocycles. The van der Waals surface area contributed by atoms with Gasteiger partial charge >= 0.3 is 12.7 Å². The van der Waals surface area contributed by atoms with E-state index < -0.39 is 12.7 Å². The van der Waals surface area contributed by atoms with Gasteiger partial charge in [-0.05, 0) is 97.5 Å². The highest BCUT2D eigenvalue weighted by Gasteiger charge is 2.32. The second-order valence-electron chi connectivity index (χ2n) is 15.9. The van der Waals surface area contributed by atoms with E-state index in [4.69, 9.17) is 13.8 Å². The van der Waals surface area contributed by atoms with Crippen LogP contribution >= 0.6 is 0 Å². The van der Waals surface area contributed by atoms with E-state index in [0.717, 1.165) is 23.3 Å². The molecule has 0 aliphatic heterocycles. The van der Waals surface area contributed by atoms with Gasteiger partial charge < -0.3 is 27.8 Å². The molecule has 0 unspecified atom stereocenters. The van der Waals surface area contributed by atoms with Crippen molar-refractivity contribution < 1.29 is 49.6 Å². The van der Waals surface area contributed by atoms with Gasteiger partial charge in [-0.3, -0.25) is 4.79 Å². The van der Waals surface area contributed by atoms with Crippen molar-refractivity contribution in [3.8, 4) is 63.6 Å². The van der Waals surface area contributed by atoms with Gasteiger partial charge in [-0.25, -0.2) is 24.3 Å². The molecule has 0 bridgehead atoms. The van der Waals surface area contributed by atoms with E-state index in [1.807, 2.05) is 32.0 Å². The Kier molecular flexibility index (Phi) is 14.3. The molecule has 0 atom stereocenters. The maximum atomic E-state index is 12.3. The fourth-order valence-corrected chi connectivity index (χ4v) is 6.21. The van der Waals surface area contributed by atoms with Crippen LogP contribution in [0, 0.1) is 25.7 Å². The van der Waals surface area contributed by atoms with Gasteiger partial charge in [0.15, 0.2) is 0 Å². The van der Waals surface area contributed by atoms with E-state index in [0.29, 0.717) is 66.7 Å². The van der Waals surface area contributed by atoms with Crippen LogP contribution in [0.1, 0.15) is 50.5 Å². The molecule has 8 rings (SSSR count). The van der Waals surface area contributed by atoms with Crippen LogP contribution in [-0.4, -0.2) is 78.7 Å². The van der Waals surface area contributed by atoms with Crippen LogP contribution in [0.5, 0.6) is 17.4 Å². The van der Waals surface area contributed by atoms with Crippen LogP contribution in [0.3, 0.4) is 0 Å². The lowest BCUT2D eigenvalue weighted by atomic mass is 10.2. The standard InChI is InChI=1S/2C22H21F3N6O3/c1-13(2)12-32-18-10-15(8-9-26-18)11-31-14(3)27-20(29-31)21-28-19(30-34-21)16-4-6-17(7-5-16)33-22(23,24)25;1-13(2)11-30-9-8-15(10-18(30)32)12-31-14(3)26-20(28-31)21-27-19(29-34-21)16-4-6-17(7-5-16)33-22(23,24)25/h2*4-10,13H,11-12H2,1-3H3. The van der Waals surface area contributed by atoms with Gasteiger partial charge in [-0.1, -0.05) is 38.0 Å². The molecule has 0 amide bonds. The zero-order valence-corrected chi connectivity index (χ0v) is 37.1. The van der Waals surface area contributed by atoms with Crippen molar-refractivity contribution >= 4 is 0 Å². The van der Waals surface area contributed by atoms with Crippen LogP contribution in [0.2, 0.25) is 0 Å². The zero-order valence-electron chi connectivity index (χ0n) is 37.1. The van der Waals surface area contributed by atoms with Crippen molar-refractivity contribution in [3.05, 3.63) is 118 Å². The summed E-state index contributed by atoms with van der Waals surface area (Å²) in [6.45, 7) is 13.7. The van der Waals surface area contributed by atoms with Crippen LogP contribution in [0.25, 0.3) is 46.2 Å². The molecule has 0 N–H and O–H groups in total. The molecule has 0 aliphatic rings. The van der Waals surface area contributed by atoms with Gasteiger partial charge in [0.2, 0.25) is 29.2 Å². The molecular weight excluding hydrogens is 907 g/mol. The first kappa shape index (κ1) is 48.0. The Morgan fingerprint density at radius 2 is 1.10 bits per heavy atom. The topological polar surface area (TPSA) is 202 Å². The molecule has 68 heavy (non-hydrogen) atoms. The Morgan fingerprint density at radius 3 is 1.54 bits per heavy atom. The number of hydrogen-bond acceptors (Lipinski definition) is 15. The fraction of sp³-hybridized carbons (Fsp3) is 0.318. The molecule has 18 nitrogen and oxygen atoms in total. The molecule has 0 radical (unpaired) electrons. The highest BCUT2D eigenvalue weighted by molar-refractivity contribution is 5.59. The summed E-state index contributed by atoms with van der Waals surface area (Å²) in [6.07, 6.45) is -6.09. The lowest BCUT2D eigenvalue weighted by Crippen LogP contribution is -2.22. The van der Waals surface area contributed by atoms with Gasteiger partial charge in [-0.2, -0.15) is 9.97 Å². The Labute approximate surface area is 382 Å². The largest absolute Gasteiger partial charge is 0.573 e. The number of aromatic nitrogens is 12. The molecule has 356 valence electrons. The van der Waals surface area contributed by atoms with Crippen LogP contribution < -0.4 is 19.8 Å². The summed E-state index contributed by atoms with van der Waals surface area (Å²) in [4.78, 5) is 33.8. The number of rotatable bonds is 15. The summed E-state index contributed by atoms with van der Waals surface area (Å²) in [5, 5.41) is 16.6. The van der Waals surface area contributed by atoms with Crippen molar-refractivity contribution in [2.75, 3.05) is 6.61 Å². The second-order valence-corrected chi connectivity index (χ2v) is 15.9. The minimum atomic E-state index is -4.77. The molecule has 0 fully saturated rings. The number of halogens is 6. The third-order valence-electron chi connectivity index (χ3n) is 9.29. The van der Waals surface area contributed by atoms with Gasteiger partial charge in [-0.15, -0.1) is 36.5 Å². The van der Waals surface area contributed by atoms with Gasteiger partial charge in [0.05, 0.1) is 19.7 Å². The van der Waals surface area contributed by atoms with Crippen LogP contribution in [-0.2, 0) is 19.6 Å². The smallest absolute Gasteiger partial charge is 0.477 e. The monoisotopic (exact) mass is 948 g/mol. The van der Waals surface area contributed by atoms with Crippen molar-refractivity contribution in [2.45, 2.75) is 73.9 Å². The second kappa shape index (κ2) is 20.3. The summed E-state index contributed by atoms with van der Waals surface area (Å²) < 4.78 is 103. The maximum Gasteiger partial charge on any atom is 0.573 e. The Hall–Kier alpha value is -7.92. The minimum absolute atomic E-state index is 0.0554. The highest BCUT2D eigenvalue weighted by Crippen LogP contribution is 2.28. The van der Waals surface area contributed by atoms with Crippen molar-refractivity contribution in [1.82, 2.24) is 59.4 Å². The van der Waals surface area contributed by atoms with Crippen LogP contribution in [0.15, 0.2) is 99.0 Å². The Morgan fingerprint density at radius 1 is 0.618 bits per heavy atom. The summed E-state index contributed by atoms with van der Waals surface area (Å²) >= 11 is 0. The minimum Gasteiger partial charge on any atom is -0.477 e. The Bertz CT molecular complexity index is 2990. The van der Waals surface area contributed by atoms with E-state index >= 15 is 0 Å². The first-order chi connectivity index (χ1) is 32.2. The number of nitrogens with zero attached hydrogens (tertiary/aromatic N) is 12. The van der Waals surface area contributed by atoms with E-state index in [1.165, 1.54) is 36.4 Å². The number of pyridine rings is 2. The molecule has 0 saturated heterocycles. The lowest BCUT2D eigenvalue weighted by molar-refractivity contribution is -0.275. The Balaban J connectivity index is 0.000000201. The van der Waals surface area contributed by atoms with Crippen LogP contribution in [0.4, 0.5) is 26.3 Å². The number of benzene rings is 2. The van der Waals surface area contributed by atoms with Gasteiger partial charge in [0.1, 0.15) is 23.1 Å². The summed E-state index contributed by atoms with van der Waals surface area (Å²) in [5.41, 5.74) is 2.50. The summed E-state index contributed by atoms with van der Waals surface area (Å²) in [6, 6.07) is 17.4. The van der Waals surface area contributed by atoms with Gasteiger partial charge in [0.25, 0.3) is 17.3 Å². The summed E-state index contributed by atoms with van der Waals surface area (Å²) in [7, 11) is 0. The average Bonchev–Trinajstić information content (AvgIpc) is 4.09. The van der Waals surface area contributed by atoms with Crippen molar-refractivity contribution in [1.29, 1.82) is 0 Å². The lowest BCUT2D eigenvalue weighted by Gasteiger charge is -2.09. The molecular formula is C44H42F6N12O6. The molecule has 0 spiro atoms. The predicted octanol–water partition coefficient (Wildman–Crippen LogP) is 8.75. The normalized spacial score (nSPS) is 11.8. The number of alkyl halides is 6. The van der Waals surface area contributed by atoms with E-state index in [2.05, 4.69) is 68.8 Å². The molecule has 8 aromatic rings. The number of hydrogen-bond donors (Lipinski definition) is 0. The number of aryl methyl sites for hydroxylation is 2. The highest BCUT2D eigenvalue weighted by atomic mass is 19.4. The average molecular weight is 949 g/mol. The first-order valence-electron chi connectivity index (χ1n) is 20.7. The zero-order chi connectivity index (χ0) is 48.8. The molecule has 24 heteroatoms. The third kappa shape index (κ3) is 13.1. The third-order valence-corrected chi connectivity index (χ3v) is 9.29. The molecule has 6 heterocycles. The number of ether oxygens (including phenoxy) is 3. The molecule has 6 aromatic heterocycles. The van der Waals surface area contributed by atoms with Crippen molar-refractivity contribution in [2.24, 2.45) is 11.8 Å². The van der Waals surface area contributed by atoms with Crippen molar-refractivity contribution in [3.63, 3.8) is 0 Å². The summed E-state index contributed by atoms with van der Waals surface area (Å²) in [5.74, 6) is 2.71.